The molecular formula is C14H22N2O4. The Hall–Kier alpha value is -1.59. The number of amides is 2. The molecule has 2 aliphatic rings. The number of hydrogen-bond donors (Lipinski definition) is 0. The monoisotopic (exact) mass is 282 g/mol. The van der Waals surface area contributed by atoms with E-state index in [-0.39, 0.29) is 30.4 Å². The molecule has 2 atom stereocenters. The predicted molar refractivity (Wildman–Crippen MR) is 71.9 cm³/mol. The van der Waals surface area contributed by atoms with Crippen LogP contribution in [0.3, 0.4) is 0 Å². The van der Waals surface area contributed by atoms with Crippen molar-refractivity contribution < 1.29 is 19.1 Å². The molecule has 1 aliphatic carbocycles. The molecule has 1 saturated carbocycles. The molecule has 1 saturated heterocycles. The standard InChI is InChI=1S/C14H22N2O4/c1-9(17)15-8-16(13(19)20-14(2,3)4)11-6-5-10(18)7-12(11)15/h11-12H,5-8H2,1-4H3. The summed E-state index contributed by atoms with van der Waals surface area (Å²) in [5.41, 5.74) is -0.569. The molecule has 2 fully saturated rings. The summed E-state index contributed by atoms with van der Waals surface area (Å²) in [5, 5.41) is 0. The molecule has 6 heteroatoms. The molecule has 2 rings (SSSR count). The molecule has 20 heavy (non-hydrogen) atoms. The summed E-state index contributed by atoms with van der Waals surface area (Å²) in [4.78, 5) is 38.7. The first-order valence-electron chi connectivity index (χ1n) is 6.97. The molecule has 2 unspecified atom stereocenters. The Kier molecular flexibility index (Phi) is 3.75. The summed E-state index contributed by atoms with van der Waals surface area (Å²) in [6.45, 7) is 7.12. The summed E-state index contributed by atoms with van der Waals surface area (Å²) >= 11 is 0. The van der Waals surface area contributed by atoms with E-state index >= 15 is 0 Å². The van der Waals surface area contributed by atoms with Crippen LogP contribution in [0.5, 0.6) is 0 Å². The van der Waals surface area contributed by atoms with E-state index in [1.807, 2.05) is 20.8 Å². The summed E-state index contributed by atoms with van der Waals surface area (Å²) in [7, 11) is 0. The van der Waals surface area contributed by atoms with E-state index in [9.17, 15) is 14.4 Å². The Morgan fingerprint density at radius 3 is 2.40 bits per heavy atom. The number of carbonyl (C=O) groups is 3. The lowest BCUT2D eigenvalue weighted by Gasteiger charge is -2.31. The van der Waals surface area contributed by atoms with Gasteiger partial charge in [0, 0.05) is 19.8 Å². The Bertz CT molecular complexity index is 441. The number of ether oxygens (including phenoxy) is 1. The molecular weight excluding hydrogens is 260 g/mol. The molecule has 0 aromatic rings. The van der Waals surface area contributed by atoms with E-state index in [0.717, 1.165) is 0 Å². The largest absolute Gasteiger partial charge is 0.444 e. The van der Waals surface area contributed by atoms with Gasteiger partial charge in [0.2, 0.25) is 5.91 Å². The van der Waals surface area contributed by atoms with Crippen LogP contribution >= 0.6 is 0 Å². The maximum Gasteiger partial charge on any atom is 0.412 e. The minimum atomic E-state index is -0.569. The average molecular weight is 282 g/mol. The van der Waals surface area contributed by atoms with Crippen LogP contribution in [0.1, 0.15) is 47.0 Å². The Balaban J connectivity index is 2.17. The first-order chi connectivity index (χ1) is 9.19. The first kappa shape index (κ1) is 14.8. The molecule has 0 N–H and O–H groups in total. The predicted octanol–water partition coefficient (Wildman–Crippen LogP) is 1.53. The van der Waals surface area contributed by atoms with Gasteiger partial charge < -0.3 is 9.64 Å². The van der Waals surface area contributed by atoms with Gasteiger partial charge in [0.05, 0.1) is 18.8 Å². The van der Waals surface area contributed by atoms with Crippen LogP contribution < -0.4 is 0 Å². The minimum Gasteiger partial charge on any atom is -0.444 e. The van der Waals surface area contributed by atoms with Crippen molar-refractivity contribution in [1.82, 2.24) is 9.80 Å². The number of hydrogen-bond acceptors (Lipinski definition) is 4. The number of fused-ring (bicyclic) bond motifs is 1. The molecule has 6 nitrogen and oxygen atoms in total. The van der Waals surface area contributed by atoms with Crippen LogP contribution in [0.4, 0.5) is 4.79 Å². The van der Waals surface area contributed by atoms with Gasteiger partial charge in [0.15, 0.2) is 0 Å². The third-order valence-corrected chi connectivity index (χ3v) is 3.74. The van der Waals surface area contributed by atoms with E-state index in [2.05, 4.69) is 0 Å². The number of Topliss-reactive ketones (excluding diaryl/α,β-unsaturated/α-hetero) is 1. The van der Waals surface area contributed by atoms with Crippen LogP contribution in [0, 0.1) is 0 Å². The van der Waals surface area contributed by atoms with Gasteiger partial charge in [-0.2, -0.15) is 0 Å². The maximum atomic E-state index is 12.2. The SMILES string of the molecule is CC(=O)N1CN(C(=O)OC(C)(C)C)C2CCC(=O)CC21. The van der Waals surface area contributed by atoms with Crippen LogP contribution in [0.15, 0.2) is 0 Å². The molecule has 0 radical (unpaired) electrons. The zero-order chi connectivity index (χ0) is 15.1. The first-order valence-corrected chi connectivity index (χ1v) is 6.97. The number of carbonyl (C=O) groups excluding carboxylic acids is 3. The molecule has 1 heterocycles. The van der Waals surface area contributed by atoms with Crippen molar-refractivity contribution in [3.8, 4) is 0 Å². The van der Waals surface area contributed by atoms with Gasteiger partial charge in [-0.15, -0.1) is 0 Å². The van der Waals surface area contributed by atoms with Crippen molar-refractivity contribution >= 4 is 17.8 Å². The topological polar surface area (TPSA) is 66.9 Å². The zero-order valence-corrected chi connectivity index (χ0v) is 12.5. The van der Waals surface area contributed by atoms with Gasteiger partial charge >= 0.3 is 6.09 Å². The summed E-state index contributed by atoms with van der Waals surface area (Å²) in [6.07, 6.45) is 0.994. The molecule has 0 aromatic heterocycles. The van der Waals surface area contributed by atoms with Gasteiger partial charge in [-0.25, -0.2) is 4.79 Å². The highest BCUT2D eigenvalue weighted by atomic mass is 16.6. The fourth-order valence-electron chi connectivity index (χ4n) is 2.87. The van der Waals surface area contributed by atoms with Gasteiger partial charge in [-0.3, -0.25) is 14.5 Å². The van der Waals surface area contributed by atoms with E-state index < -0.39 is 11.7 Å². The Morgan fingerprint density at radius 1 is 1.20 bits per heavy atom. The fraction of sp³-hybridized carbons (Fsp3) is 0.786. The molecule has 0 bridgehead atoms. The third-order valence-electron chi connectivity index (χ3n) is 3.74. The highest BCUT2D eigenvalue weighted by Crippen LogP contribution is 2.32. The number of nitrogens with zero attached hydrogens (tertiary/aromatic N) is 2. The number of rotatable bonds is 0. The van der Waals surface area contributed by atoms with Crippen LogP contribution in [0.2, 0.25) is 0 Å². The van der Waals surface area contributed by atoms with Crippen LogP contribution in [0.25, 0.3) is 0 Å². The van der Waals surface area contributed by atoms with Crippen molar-refractivity contribution in [3.05, 3.63) is 0 Å². The quantitative estimate of drug-likeness (QED) is 0.676. The lowest BCUT2D eigenvalue weighted by Crippen LogP contribution is -2.46. The third kappa shape index (κ3) is 2.94. The van der Waals surface area contributed by atoms with Gasteiger partial charge in [-0.05, 0) is 27.2 Å². The number of ketones is 1. The smallest absolute Gasteiger partial charge is 0.412 e. The average Bonchev–Trinajstić information content (AvgIpc) is 2.65. The molecule has 112 valence electrons. The van der Waals surface area contributed by atoms with Crippen molar-refractivity contribution in [3.63, 3.8) is 0 Å². The second-order valence-corrected chi connectivity index (χ2v) is 6.50. The Morgan fingerprint density at radius 2 is 1.85 bits per heavy atom. The molecule has 0 spiro atoms. The normalized spacial score (nSPS) is 26.5. The van der Waals surface area contributed by atoms with Crippen molar-refractivity contribution in [2.75, 3.05) is 6.67 Å². The second-order valence-electron chi connectivity index (χ2n) is 6.50. The molecule has 2 amide bonds. The zero-order valence-electron chi connectivity index (χ0n) is 12.5. The minimum absolute atomic E-state index is 0.105. The summed E-state index contributed by atoms with van der Waals surface area (Å²) < 4.78 is 5.39. The highest BCUT2D eigenvalue weighted by Gasteiger charge is 2.47. The second kappa shape index (κ2) is 5.07. The summed E-state index contributed by atoms with van der Waals surface area (Å²) in [5.74, 6) is 0.0456. The van der Waals surface area contributed by atoms with Crippen molar-refractivity contribution in [1.29, 1.82) is 0 Å². The van der Waals surface area contributed by atoms with Gasteiger partial charge in [0.25, 0.3) is 0 Å². The molecule has 0 aromatic carbocycles. The van der Waals surface area contributed by atoms with E-state index in [4.69, 9.17) is 4.74 Å². The maximum absolute atomic E-state index is 12.2. The lowest BCUT2D eigenvalue weighted by molar-refractivity contribution is -0.131. The van der Waals surface area contributed by atoms with Crippen molar-refractivity contribution in [2.45, 2.75) is 64.6 Å². The lowest BCUT2D eigenvalue weighted by atomic mass is 9.89. The fourth-order valence-corrected chi connectivity index (χ4v) is 2.87. The summed E-state index contributed by atoms with van der Waals surface area (Å²) in [6, 6.07) is -0.298. The van der Waals surface area contributed by atoms with Crippen molar-refractivity contribution in [2.24, 2.45) is 0 Å². The highest BCUT2D eigenvalue weighted by molar-refractivity contribution is 5.83. The van der Waals surface area contributed by atoms with E-state index in [1.54, 1.807) is 9.80 Å². The van der Waals surface area contributed by atoms with Crippen LogP contribution in [-0.2, 0) is 14.3 Å². The van der Waals surface area contributed by atoms with Gasteiger partial charge in [0.1, 0.15) is 11.4 Å². The van der Waals surface area contributed by atoms with E-state index in [0.29, 0.717) is 19.3 Å². The molecule has 1 aliphatic heterocycles. The Labute approximate surface area is 119 Å². The van der Waals surface area contributed by atoms with Crippen LogP contribution in [-0.4, -0.2) is 51.9 Å². The van der Waals surface area contributed by atoms with E-state index in [1.165, 1.54) is 6.92 Å². The van der Waals surface area contributed by atoms with Gasteiger partial charge in [-0.1, -0.05) is 0 Å².